The van der Waals surface area contributed by atoms with Gasteiger partial charge in [0.25, 0.3) is 5.91 Å². The van der Waals surface area contributed by atoms with Crippen LogP contribution in [0.3, 0.4) is 0 Å². The molecule has 12 nitrogen and oxygen atoms in total. The summed E-state index contributed by atoms with van der Waals surface area (Å²) >= 11 is 0. The second kappa shape index (κ2) is 10.2. The van der Waals surface area contributed by atoms with E-state index in [0.29, 0.717) is 5.56 Å². The normalized spacial score (nSPS) is 24.3. The fourth-order valence-electron chi connectivity index (χ4n) is 2.60. The van der Waals surface area contributed by atoms with Crippen molar-refractivity contribution in [2.24, 2.45) is 5.92 Å². The lowest BCUT2D eigenvalue weighted by molar-refractivity contribution is -0.301. The van der Waals surface area contributed by atoms with Crippen LogP contribution in [0.1, 0.15) is 36.8 Å². The number of carbonyl (C=O) groups is 4. The lowest BCUT2D eigenvalue weighted by atomic mass is 10.1. The van der Waals surface area contributed by atoms with Crippen LogP contribution in [-0.4, -0.2) is 70.1 Å². The van der Waals surface area contributed by atoms with Crippen LogP contribution < -0.4 is 5.32 Å². The molecular weight excluding hydrogens is 416 g/mol. The van der Waals surface area contributed by atoms with Gasteiger partial charge in [0.1, 0.15) is 18.5 Å². The maximum Gasteiger partial charge on any atom is 0.342 e. The number of cyclic esters (lactones) is 2. The number of amides is 1. The molecule has 1 saturated heterocycles. The second-order valence-electron chi connectivity index (χ2n) is 7.21. The van der Waals surface area contributed by atoms with E-state index in [1.54, 1.807) is 20.8 Å². The quantitative estimate of drug-likeness (QED) is 0.246. The fraction of sp³-hybridized carbons (Fsp3) is 0.526. The molecule has 0 spiro atoms. The molecule has 31 heavy (non-hydrogen) atoms. The number of esters is 3. The Balaban J connectivity index is 2.24. The third kappa shape index (κ3) is 5.67. The topological polar surface area (TPSA) is 171 Å². The van der Waals surface area contributed by atoms with E-state index < -0.39 is 60.7 Å². The lowest BCUT2D eigenvalue weighted by Crippen LogP contribution is -2.48. The van der Waals surface area contributed by atoms with Crippen molar-refractivity contribution in [2.75, 3.05) is 6.61 Å². The molecule has 3 unspecified atom stereocenters. The molecular formula is C19H24N2O10. The van der Waals surface area contributed by atoms with E-state index in [1.165, 1.54) is 19.2 Å². The number of aromatic hydroxyl groups is 1. The predicted molar refractivity (Wildman–Crippen MR) is 101 cm³/mol. The number of hydrogen-bond acceptors (Lipinski definition) is 11. The molecule has 0 aromatic carbocycles. The SMILES string of the molecule is Cc1ccnc(C(=O)NC2COC(=O)C(OO)[C@@H](OC(=O)C(C)C)C(C)OC2=O)c1O. The van der Waals surface area contributed by atoms with Gasteiger partial charge >= 0.3 is 17.9 Å². The Bertz CT molecular complexity index is 856. The molecule has 1 aliphatic heterocycles. The molecule has 0 saturated carbocycles. The first-order valence-electron chi connectivity index (χ1n) is 9.40. The van der Waals surface area contributed by atoms with E-state index in [-0.39, 0.29) is 11.4 Å². The standard InChI is InChI=1S/C19H24N2O10/c1-8(2)17(24)30-14-10(4)29-18(25)11(7-28-19(26)15(14)31-27)21-16(23)12-13(22)9(3)5-6-20-12/h5-6,8,10-11,14-15,22,27H,7H2,1-4H3,(H,21,23)/t10?,11?,14-,15?/m0/s1. The first-order valence-corrected chi connectivity index (χ1v) is 9.40. The Morgan fingerprint density at radius 3 is 2.58 bits per heavy atom. The van der Waals surface area contributed by atoms with Crippen molar-refractivity contribution in [2.45, 2.75) is 52.0 Å². The Hall–Kier alpha value is -3.25. The molecule has 1 fully saturated rings. The van der Waals surface area contributed by atoms with Crippen LogP contribution in [0.2, 0.25) is 0 Å². The van der Waals surface area contributed by atoms with Crippen LogP contribution in [-0.2, 0) is 33.5 Å². The number of ether oxygens (including phenoxy) is 3. The van der Waals surface area contributed by atoms with Gasteiger partial charge in [-0.1, -0.05) is 13.8 Å². The van der Waals surface area contributed by atoms with Crippen molar-refractivity contribution in [3.8, 4) is 5.75 Å². The van der Waals surface area contributed by atoms with Crippen LogP contribution in [0.5, 0.6) is 5.75 Å². The van der Waals surface area contributed by atoms with Gasteiger partial charge in [-0.2, -0.15) is 0 Å². The molecule has 2 rings (SSSR count). The summed E-state index contributed by atoms with van der Waals surface area (Å²) in [5.41, 5.74) is 0.0438. The maximum atomic E-state index is 12.6. The molecule has 1 amide bonds. The third-order valence-corrected chi connectivity index (χ3v) is 4.46. The van der Waals surface area contributed by atoms with Gasteiger partial charge < -0.3 is 24.6 Å². The molecule has 12 heteroatoms. The molecule has 0 aliphatic carbocycles. The molecule has 1 aliphatic rings. The Morgan fingerprint density at radius 2 is 1.97 bits per heavy atom. The molecule has 4 atom stereocenters. The van der Waals surface area contributed by atoms with Crippen molar-refractivity contribution < 1.29 is 48.6 Å². The zero-order valence-corrected chi connectivity index (χ0v) is 17.4. The summed E-state index contributed by atoms with van der Waals surface area (Å²) in [6, 6.07) is 0.0109. The van der Waals surface area contributed by atoms with Crippen LogP contribution in [0.4, 0.5) is 0 Å². The van der Waals surface area contributed by atoms with Crippen LogP contribution in [0, 0.1) is 12.8 Å². The molecule has 0 radical (unpaired) electrons. The van der Waals surface area contributed by atoms with Crippen LogP contribution >= 0.6 is 0 Å². The molecule has 1 aromatic heterocycles. The fourth-order valence-corrected chi connectivity index (χ4v) is 2.60. The highest BCUT2D eigenvalue weighted by Gasteiger charge is 2.43. The second-order valence-corrected chi connectivity index (χ2v) is 7.21. The van der Waals surface area contributed by atoms with Crippen molar-refractivity contribution in [3.05, 3.63) is 23.5 Å². The zero-order chi connectivity index (χ0) is 23.3. The summed E-state index contributed by atoms with van der Waals surface area (Å²) in [4.78, 5) is 57.2. The number of pyridine rings is 1. The number of aromatic nitrogens is 1. The predicted octanol–water partition coefficient (Wildman–Crippen LogP) is 0.109. The summed E-state index contributed by atoms with van der Waals surface area (Å²) in [5.74, 6) is -4.75. The van der Waals surface area contributed by atoms with Crippen molar-refractivity contribution in [1.29, 1.82) is 0 Å². The Morgan fingerprint density at radius 1 is 1.29 bits per heavy atom. The molecule has 0 bridgehead atoms. The van der Waals surface area contributed by atoms with Gasteiger partial charge in [-0.25, -0.2) is 19.5 Å². The van der Waals surface area contributed by atoms with Gasteiger partial charge in [0.15, 0.2) is 17.8 Å². The van der Waals surface area contributed by atoms with Gasteiger partial charge in [0.05, 0.1) is 5.92 Å². The number of carbonyl (C=O) groups excluding carboxylic acids is 4. The summed E-state index contributed by atoms with van der Waals surface area (Å²) in [5, 5.41) is 21.4. The van der Waals surface area contributed by atoms with E-state index in [4.69, 9.17) is 19.5 Å². The molecule has 170 valence electrons. The average molecular weight is 440 g/mol. The van der Waals surface area contributed by atoms with Gasteiger partial charge in [0.2, 0.25) is 6.10 Å². The minimum absolute atomic E-state index is 0.340. The van der Waals surface area contributed by atoms with Crippen molar-refractivity contribution >= 4 is 23.8 Å². The third-order valence-electron chi connectivity index (χ3n) is 4.46. The molecule has 2 heterocycles. The summed E-state index contributed by atoms with van der Waals surface area (Å²) in [6.45, 7) is 5.28. The Kier molecular flexibility index (Phi) is 7.89. The van der Waals surface area contributed by atoms with Crippen LogP contribution in [0.15, 0.2) is 12.3 Å². The van der Waals surface area contributed by atoms with Gasteiger partial charge in [-0.3, -0.25) is 14.8 Å². The van der Waals surface area contributed by atoms with E-state index in [9.17, 15) is 24.3 Å². The highest BCUT2D eigenvalue weighted by Crippen LogP contribution is 2.20. The highest BCUT2D eigenvalue weighted by atomic mass is 17.1. The number of hydrogen-bond donors (Lipinski definition) is 3. The lowest BCUT2D eigenvalue weighted by Gasteiger charge is -2.27. The zero-order valence-electron chi connectivity index (χ0n) is 17.4. The number of rotatable bonds is 5. The van der Waals surface area contributed by atoms with E-state index >= 15 is 0 Å². The van der Waals surface area contributed by atoms with Gasteiger partial charge in [-0.05, 0) is 25.5 Å². The smallest absolute Gasteiger partial charge is 0.342 e. The van der Waals surface area contributed by atoms with E-state index in [1.807, 2.05) is 0 Å². The number of nitrogens with one attached hydrogen (secondary N) is 1. The van der Waals surface area contributed by atoms with E-state index in [0.717, 1.165) is 0 Å². The largest absolute Gasteiger partial charge is 0.505 e. The Labute approximate surface area is 177 Å². The highest BCUT2D eigenvalue weighted by molar-refractivity contribution is 5.97. The number of nitrogens with zero attached hydrogens (tertiary/aromatic N) is 1. The molecule has 3 N–H and O–H groups in total. The maximum absolute atomic E-state index is 12.6. The minimum atomic E-state index is -1.79. The molecule has 1 aromatic rings. The van der Waals surface area contributed by atoms with Gasteiger partial charge in [0, 0.05) is 6.20 Å². The minimum Gasteiger partial charge on any atom is -0.505 e. The summed E-state index contributed by atoms with van der Waals surface area (Å²) in [7, 11) is 0. The van der Waals surface area contributed by atoms with Crippen molar-refractivity contribution in [1.82, 2.24) is 10.3 Å². The first kappa shape index (κ1) is 24.0. The summed E-state index contributed by atoms with van der Waals surface area (Å²) in [6.07, 6.45) is -3.25. The average Bonchev–Trinajstić information content (AvgIpc) is 2.74. The summed E-state index contributed by atoms with van der Waals surface area (Å²) < 4.78 is 15.3. The first-order chi connectivity index (χ1) is 14.6. The van der Waals surface area contributed by atoms with Crippen molar-refractivity contribution in [3.63, 3.8) is 0 Å². The van der Waals surface area contributed by atoms with E-state index in [2.05, 4.69) is 15.2 Å². The monoisotopic (exact) mass is 440 g/mol. The van der Waals surface area contributed by atoms with Gasteiger partial charge in [-0.15, -0.1) is 0 Å². The van der Waals surface area contributed by atoms with Crippen LogP contribution in [0.25, 0.3) is 0 Å². The number of aryl methyl sites for hydroxylation is 1.